The van der Waals surface area contributed by atoms with E-state index in [1.54, 1.807) is 0 Å². The maximum absolute atomic E-state index is 13.1. The van der Waals surface area contributed by atoms with E-state index in [1.807, 2.05) is 0 Å². The van der Waals surface area contributed by atoms with Gasteiger partial charge in [0.15, 0.2) is 0 Å². The first-order chi connectivity index (χ1) is 6.48. The lowest BCUT2D eigenvalue weighted by Gasteiger charge is -1.86. The second kappa shape index (κ2) is 3.80. The molecule has 0 amide bonds. The van der Waals surface area contributed by atoms with Crippen molar-refractivity contribution in [1.29, 1.82) is 0 Å². The molecular formula is C7H5F2NO3S2. The molecule has 2 aromatic rings. The standard InChI is InChI=1S/C7H4FNO3S2.FH/c8-4-2-1-3-5-6(4)9-7(13-5)14(10,11)12;/h1-3H,(H,10,11,12);1H. The molecule has 0 saturated heterocycles. The van der Waals surface area contributed by atoms with Gasteiger partial charge in [-0.05, 0) is 12.1 Å². The van der Waals surface area contributed by atoms with Crippen LogP contribution in [0.1, 0.15) is 0 Å². The van der Waals surface area contributed by atoms with E-state index in [2.05, 4.69) is 4.98 Å². The summed E-state index contributed by atoms with van der Waals surface area (Å²) in [5.41, 5.74) is -0.0369. The Morgan fingerprint density at radius 3 is 2.60 bits per heavy atom. The third kappa shape index (κ3) is 2.11. The van der Waals surface area contributed by atoms with Crippen molar-refractivity contribution in [2.75, 3.05) is 0 Å². The van der Waals surface area contributed by atoms with E-state index in [9.17, 15) is 12.8 Å². The maximum Gasteiger partial charge on any atom is 0.322 e. The monoisotopic (exact) mass is 253 g/mol. The van der Waals surface area contributed by atoms with Crippen LogP contribution < -0.4 is 0 Å². The molecule has 8 heteroatoms. The summed E-state index contributed by atoms with van der Waals surface area (Å²) in [6.07, 6.45) is 0. The molecule has 0 aliphatic carbocycles. The zero-order valence-electron chi connectivity index (χ0n) is 7.05. The van der Waals surface area contributed by atoms with Crippen molar-refractivity contribution < 1.29 is 22.1 Å². The Bertz CT molecular complexity index is 593. The third-order valence-electron chi connectivity index (χ3n) is 1.57. The number of benzene rings is 1. The normalized spacial score (nSPS) is 11.3. The average molecular weight is 253 g/mol. The van der Waals surface area contributed by atoms with Crippen LogP contribution in [0.15, 0.2) is 22.5 Å². The number of halogens is 2. The molecule has 15 heavy (non-hydrogen) atoms. The van der Waals surface area contributed by atoms with Gasteiger partial charge in [0, 0.05) is 0 Å². The van der Waals surface area contributed by atoms with Crippen LogP contribution in [0.4, 0.5) is 9.09 Å². The summed E-state index contributed by atoms with van der Waals surface area (Å²) in [5, 5.41) is 0. The molecule has 1 aromatic carbocycles. The van der Waals surface area contributed by atoms with E-state index in [4.69, 9.17) is 4.55 Å². The van der Waals surface area contributed by atoms with Crippen LogP contribution in [0, 0.1) is 5.82 Å². The van der Waals surface area contributed by atoms with E-state index >= 15 is 0 Å². The highest BCUT2D eigenvalue weighted by atomic mass is 32.3. The Balaban J connectivity index is 0.00000112. The Kier molecular flexibility index (Phi) is 3.03. The van der Waals surface area contributed by atoms with Gasteiger partial charge in [0.1, 0.15) is 11.3 Å². The van der Waals surface area contributed by atoms with Gasteiger partial charge in [-0.1, -0.05) is 6.07 Å². The van der Waals surface area contributed by atoms with Gasteiger partial charge in [0.05, 0.1) is 4.70 Å². The fourth-order valence-corrected chi connectivity index (χ4v) is 2.61. The molecule has 0 aliphatic rings. The number of rotatable bonds is 1. The highest BCUT2D eigenvalue weighted by molar-refractivity contribution is 7.88. The molecule has 4 nitrogen and oxygen atoms in total. The highest BCUT2D eigenvalue weighted by Crippen LogP contribution is 2.26. The Morgan fingerprint density at radius 1 is 1.40 bits per heavy atom. The number of aromatic nitrogens is 1. The van der Waals surface area contributed by atoms with Gasteiger partial charge in [0.25, 0.3) is 0 Å². The van der Waals surface area contributed by atoms with Crippen molar-refractivity contribution in [3.05, 3.63) is 24.0 Å². The first kappa shape index (κ1) is 12.0. The van der Waals surface area contributed by atoms with E-state index in [0.29, 0.717) is 4.70 Å². The van der Waals surface area contributed by atoms with Gasteiger partial charge in [-0.3, -0.25) is 9.26 Å². The Morgan fingerprint density at radius 2 is 2.07 bits per heavy atom. The van der Waals surface area contributed by atoms with Gasteiger partial charge in [-0.2, -0.15) is 8.42 Å². The molecule has 0 fully saturated rings. The molecule has 2 rings (SSSR count). The smallest absolute Gasteiger partial charge is 0.280 e. The molecule has 0 atom stereocenters. The number of hydrogen-bond donors (Lipinski definition) is 1. The summed E-state index contributed by atoms with van der Waals surface area (Å²) in [6.45, 7) is 0. The summed E-state index contributed by atoms with van der Waals surface area (Å²) in [5.74, 6) is -0.603. The molecule has 82 valence electrons. The number of nitrogens with zero attached hydrogens (tertiary/aromatic N) is 1. The highest BCUT2D eigenvalue weighted by Gasteiger charge is 2.17. The summed E-state index contributed by atoms with van der Waals surface area (Å²) >= 11 is 0.729. The molecule has 0 saturated carbocycles. The second-order valence-corrected chi connectivity index (χ2v) is 5.17. The van der Waals surface area contributed by atoms with Gasteiger partial charge in [-0.15, -0.1) is 11.3 Å². The molecule has 0 spiro atoms. The number of thiazole rings is 1. The zero-order valence-corrected chi connectivity index (χ0v) is 8.68. The second-order valence-electron chi connectivity index (χ2n) is 2.54. The number of hydrogen-bond acceptors (Lipinski definition) is 4. The van der Waals surface area contributed by atoms with Crippen molar-refractivity contribution in [1.82, 2.24) is 4.98 Å². The summed E-state index contributed by atoms with van der Waals surface area (Å²) in [4.78, 5) is 3.49. The van der Waals surface area contributed by atoms with Crippen LogP contribution in [0.2, 0.25) is 0 Å². The minimum absolute atomic E-state index is 0. The van der Waals surface area contributed by atoms with Crippen LogP contribution in [-0.4, -0.2) is 18.0 Å². The third-order valence-corrected chi connectivity index (χ3v) is 3.80. The van der Waals surface area contributed by atoms with Gasteiger partial charge >= 0.3 is 10.1 Å². The lowest BCUT2D eigenvalue weighted by molar-refractivity contribution is 0.482. The Labute approximate surface area is 87.5 Å². The molecule has 0 unspecified atom stereocenters. The van der Waals surface area contributed by atoms with E-state index in [-0.39, 0.29) is 10.2 Å². The van der Waals surface area contributed by atoms with Crippen LogP contribution in [0.5, 0.6) is 0 Å². The molecule has 1 heterocycles. The van der Waals surface area contributed by atoms with Crippen molar-refractivity contribution in [3.8, 4) is 0 Å². The fraction of sp³-hybridized carbons (Fsp3) is 0. The molecule has 0 aliphatic heterocycles. The van der Waals surface area contributed by atoms with Gasteiger partial charge in [0.2, 0.25) is 4.34 Å². The largest absolute Gasteiger partial charge is 0.322 e. The van der Waals surface area contributed by atoms with E-state index < -0.39 is 20.3 Å². The lowest BCUT2D eigenvalue weighted by Crippen LogP contribution is -1.96. The molecule has 1 N–H and O–H groups in total. The van der Waals surface area contributed by atoms with Crippen LogP contribution in [-0.2, 0) is 10.1 Å². The van der Waals surface area contributed by atoms with Crippen molar-refractivity contribution in [2.24, 2.45) is 0 Å². The predicted octanol–water partition coefficient (Wildman–Crippen LogP) is 1.83. The lowest BCUT2D eigenvalue weighted by atomic mass is 10.3. The zero-order chi connectivity index (χ0) is 10.3. The average Bonchev–Trinajstić information content (AvgIpc) is 2.48. The van der Waals surface area contributed by atoms with Crippen molar-refractivity contribution in [3.63, 3.8) is 0 Å². The molecular weight excluding hydrogens is 248 g/mol. The van der Waals surface area contributed by atoms with Crippen molar-refractivity contribution >= 4 is 31.7 Å². The molecule has 1 aromatic heterocycles. The quantitative estimate of drug-likeness (QED) is 0.787. The summed E-state index contributed by atoms with van der Waals surface area (Å²) in [6, 6.07) is 4.16. The van der Waals surface area contributed by atoms with E-state index in [0.717, 1.165) is 11.3 Å². The first-order valence-electron chi connectivity index (χ1n) is 3.51. The first-order valence-corrected chi connectivity index (χ1v) is 5.77. The molecule has 0 radical (unpaired) electrons. The van der Waals surface area contributed by atoms with Crippen LogP contribution >= 0.6 is 11.3 Å². The number of fused-ring (bicyclic) bond motifs is 1. The van der Waals surface area contributed by atoms with Gasteiger partial charge in [-0.25, -0.2) is 9.37 Å². The SMILES string of the molecule is F.O=S(=O)(O)c1nc2c(F)cccc2s1. The molecule has 0 bridgehead atoms. The minimum atomic E-state index is -4.34. The predicted molar refractivity (Wildman–Crippen MR) is 51.9 cm³/mol. The van der Waals surface area contributed by atoms with E-state index in [1.165, 1.54) is 18.2 Å². The van der Waals surface area contributed by atoms with Crippen molar-refractivity contribution in [2.45, 2.75) is 4.34 Å². The minimum Gasteiger partial charge on any atom is -0.280 e. The van der Waals surface area contributed by atoms with Crippen LogP contribution in [0.25, 0.3) is 10.2 Å². The maximum atomic E-state index is 13.1. The van der Waals surface area contributed by atoms with Crippen LogP contribution in [0.3, 0.4) is 0 Å². The van der Waals surface area contributed by atoms with Gasteiger partial charge < -0.3 is 0 Å². The fourth-order valence-electron chi connectivity index (χ4n) is 1.00. The number of para-hydroxylation sites is 1. The summed E-state index contributed by atoms with van der Waals surface area (Å²) < 4.78 is 43.0. The summed E-state index contributed by atoms with van der Waals surface area (Å²) in [7, 11) is -4.34. The Hall–Kier alpha value is -1.12. The topological polar surface area (TPSA) is 67.3 Å².